The summed E-state index contributed by atoms with van der Waals surface area (Å²) in [5.74, 6) is 2.71. The number of ether oxygens (including phenoxy) is 2. The van der Waals surface area contributed by atoms with E-state index in [1.807, 2.05) is 11.9 Å². The molecule has 0 saturated carbocycles. The Balaban J connectivity index is 1.70. The van der Waals surface area contributed by atoms with Gasteiger partial charge in [-0.3, -0.25) is 4.79 Å². The lowest BCUT2D eigenvalue weighted by molar-refractivity contribution is -0.137. The van der Waals surface area contributed by atoms with Crippen LogP contribution in [0.25, 0.3) is 10.9 Å². The predicted octanol–water partition coefficient (Wildman–Crippen LogP) is 1.14. The van der Waals surface area contributed by atoms with Gasteiger partial charge in [-0.25, -0.2) is 4.98 Å². The van der Waals surface area contributed by atoms with E-state index in [-0.39, 0.29) is 11.8 Å². The van der Waals surface area contributed by atoms with Crippen LogP contribution in [0.2, 0.25) is 0 Å². The number of fused-ring (bicyclic) bond motifs is 2. The minimum atomic E-state index is 0.0136. The van der Waals surface area contributed by atoms with Crippen molar-refractivity contribution in [3.05, 3.63) is 12.1 Å². The van der Waals surface area contributed by atoms with E-state index in [1.165, 1.54) is 0 Å². The first-order valence-electron chi connectivity index (χ1n) is 8.71. The summed E-state index contributed by atoms with van der Waals surface area (Å²) in [6, 6.07) is 3.59. The van der Waals surface area contributed by atoms with Gasteiger partial charge in [0.1, 0.15) is 5.82 Å². The van der Waals surface area contributed by atoms with Crippen molar-refractivity contribution in [2.75, 3.05) is 51.5 Å². The van der Waals surface area contributed by atoms with Gasteiger partial charge in [0.05, 0.1) is 25.7 Å². The minimum absolute atomic E-state index is 0.0136. The number of carbonyl (C=O) groups is 1. The maximum Gasteiger partial charge on any atom is 0.227 e. The summed E-state index contributed by atoms with van der Waals surface area (Å²) in [4.78, 5) is 25.5. The number of nitrogens with zero attached hydrogens (tertiary/aromatic N) is 4. The molecule has 3 heterocycles. The average Bonchev–Trinajstić information content (AvgIpc) is 3.08. The molecule has 2 N–H and O–H groups in total. The Morgan fingerprint density at radius 2 is 1.88 bits per heavy atom. The largest absolute Gasteiger partial charge is 0.493 e. The number of amides is 1. The van der Waals surface area contributed by atoms with E-state index in [0.717, 1.165) is 24.9 Å². The van der Waals surface area contributed by atoms with E-state index in [0.29, 0.717) is 41.2 Å². The zero-order valence-corrected chi connectivity index (χ0v) is 15.2. The normalized spacial score (nSPS) is 22.7. The summed E-state index contributed by atoms with van der Waals surface area (Å²) >= 11 is 0. The number of anilines is 2. The standard InChI is InChI=1S/C18H23N5O3/c1-22-5-4-10-8-23(9-12(10)17(22)24)18-20-13-7-15(26-3)14(25-2)6-11(13)16(19)21-18/h6-7,10,12H,4-5,8-9H2,1-3H3,(H2,19,20,21)/t10-,12+/m1/s1. The van der Waals surface area contributed by atoms with Gasteiger partial charge in [0.25, 0.3) is 0 Å². The van der Waals surface area contributed by atoms with Crippen LogP contribution in [-0.2, 0) is 4.79 Å². The van der Waals surface area contributed by atoms with Crippen LogP contribution in [-0.4, -0.2) is 61.7 Å². The molecular weight excluding hydrogens is 334 g/mol. The highest BCUT2D eigenvalue weighted by Gasteiger charge is 2.42. The molecule has 2 fully saturated rings. The number of nitrogens with two attached hydrogens (primary N) is 1. The van der Waals surface area contributed by atoms with Crippen LogP contribution in [0.3, 0.4) is 0 Å². The molecule has 2 atom stereocenters. The average molecular weight is 357 g/mol. The van der Waals surface area contributed by atoms with E-state index < -0.39 is 0 Å². The fraction of sp³-hybridized carbons (Fsp3) is 0.500. The second-order valence-electron chi connectivity index (χ2n) is 6.95. The summed E-state index contributed by atoms with van der Waals surface area (Å²) < 4.78 is 10.7. The Morgan fingerprint density at radius 1 is 1.15 bits per heavy atom. The van der Waals surface area contributed by atoms with Crippen molar-refractivity contribution >= 4 is 28.6 Å². The van der Waals surface area contributed by atoms with Crippen LogP contribution in [0.5, 0.6) is 11.5 Å². The molecule has 2 aliphatic rings. The van der Waals surface area contributed by atoms with E-state index in [2.05, 4.69) is 14.9 Å². The smallest absolute Gasteiger partial charge is 0.227 e. The Labute approximate surface area is 151 Å². The summed E-state index contributed by atoms with van der Waals surface area (Å²) in [6.07, 6.45) is 1.01. The number of likely N-dealkylation sites (tertiary alicyclic amines) is 1. The van der Waals surface area contributed by atoms with Crippen molar-refractivity contribution in [2.45, 2.75) is 6.42 Å². The second-order valence-corrected chi connectivity index (χ2v) is 6.95. The highest BCUT2D eigenvalue weighted by molar-refractivity contribution is 5.92. The van der Waals surface area contributed by atoms with Crippen LogP contribution in [0, 0.1) is 11.8 Å². The molecule has 1 aromatic heterocycles. The summed E-state index contributed by atoms with van der Waals surface area (Å²) in [5.41, 5.74) is 6.88. The van der Waals surface area contributed by atoms with Gasteiger partial charge in [0, 0.05) is 38.1 Å². The monoisotopic (exact) mass is 357 g/mol. The summed E-state index contributed by atoms with van der Waals surface area (Å²) in [7, 11) is 5.03. The van der Waals surface area contributed by atoms with Gasteiger partial charge < -0.3 is 25.0 Å². The molecule has 1 aromatic carbocycles. The fourth-order valence-electron chi connectivity index (χ4n) is 3.97. The summed E-state index contributed by atoms with van der Waals surface area (Å²) in [6.45, 7) is 2.22. The molecule has 8 nitrogen and oxygen atoms in total. The van der Waals surface area contributed by atoms with Gasteiger partial charge in [0.2, 0.25) is 11.9 Å². The molecule has 2 saturated heterocycles. The van der Waals surface area contributed by atoms with E-state index >= 15 is 0 Å². The summed E-state index contributed by atoms with van der Waals surface area (Å²) in [5, 5.41) is 0.721. The third kappa shape index (κ3) is 2.56. The zero-order valence-electron chi connectivity index (χ0n) is 15.2. The van der Waals surface area contributed by atoms with Crippen molar-refractivity contribution in [3.63, 3.8) is 0 Å². The number of hydrogen-bond donors (Lipinski definition) is 1. The molecule has 0 radical (unpaired) electrons. The molecule has 4 rings (SSSR count). The number of rotatable bonds is 3. The third-order valence-electron chi connectivity index (χ3n) is 5.47. The van der Waals surface area contributed by atoms with E-state index in [9.17, 15) is 4.79 Å². The lowest BCUT2D eigenvalue weighted by Crippen LogP contribution is -2.42. The fourth-order valence-corrected chi connectivity index (χ4v) is 3.97. The SMILES string of the molecule is COc1cc2nc(N3C[C@H]4CCN(C)C(=O)[C@H]4C3)nc(N)c2cc1OC. The Bertz CT molecular complexity index is 872. The van der Waals surface area contributed by atoms with Crippen molar-refractivity contribution in [1.29, 1.82) is 0 Å². The Morgan fingerprint density at radius 3 is 2.62 bits per heavy atom. The molecule has 26 heavy (non-hydrogen) atoms. The highest BCUT2D eigenvalue weighted by Crippen LogP contribution is 2.36. The van der Waals surface area contributed by atoms with Crippen LogP contribution in [0.1, 0.15) is 6.42 Å². The first-order valence-corrected chi connectivity index (χ1v) is 8.71. The minimum Gasteiger partial charge on any atom is -0.493 e. The first-order chi connectivity index (χ1) is 12.5. The highest BCUT2D eigenvalue weighted by atomic mass is 16.5. The molecule has 138 valence electrons. The van der Waals surface area contributed by atoms with E-state index in [1.54, 1.807) is 26.4 Å². The Hall–Kier alpha value is -2.77. The lowest BCUT2D eigenvalue weighted by atomic mass is 9.88. The number of hydrogen-bond acceptors (Lipinski definition) is 7. The lowest BCUT2D eigenvalue weighted by Gasteiger charge is -2.30. The third-order valence-corrected chi connectivity index (χ3v) is 5.47. The number of methoxy groups -OCH3 is 2. The van der Waals surface area contributed by atoms with Gasteiger partial charge in [-0.1, -0.05) is 0 Å². The zero-order chi connectivity index (χ0) is 18.4. The first kappa shape index (κ1) is 16.7. The van der Waals surface area contributed by atoms with Crippen LogP contribution in [0.15, 0.2) is 12.1 Å². The van der Waals surface area contributed by atoms with Gasteiger partial charge in [-0.2, -0.15) is 4.98 Å². The second kappa shape index (κ2) is 6.19. The molecule has 1 amide bonds. The Kier molecular flexibility index (Phi) is 3.97. The van der Waals surface area contributed by atoms with Gasteiger partial charge in [-0.15, -0.1) is 0 Å². The van der Waals surface area contributed by atoms with Gasteiger partial charge in [0.15, 0.2) is 11.5 Å². The molecule has 8 heteroatoms. The number of carbonyl (C=O) groups excluding carboxylic acids is 1. The number of aromatic nitrogens is 2. The van der Waals surface area contributed by atoms with Crippen LogP contribution in [0.4, 0.5) is 11.8 Å². The van der Waals surface area contributed by atoms with Crippen molar-refractivity contribution < 1.29 is 14.3 Å². The topological polar surface area (TPSA) is 93.8 Å². The molecule has 0 aliphatic carbocycles. The number of nitrogen functional groups attached to an aromatic ring is 1. The molecule has 0 spiro atoms. The van der Waals surface area contributed by atoms with Crippen molar-refractivity contribution in [2.24, 2.45) is 11.8 Å². The van der Waals surface area contributed by atoms with Gasteiger partial charge in [-0.05, 0) is 18.4 Å². The van der Waals surface area contributed by atoms with E-state index in [4.69, 9.17) is 15.2 Å². The van der Waals surface area contributed by atoms with Crippen molar-refractivity contribution in [3.8, 4) is 11.5 Å². The maximum absolute atomic E-state index is 12.4. The predicted molar refractivity (Wildman–Crippen MR) is 98.5 cm³/mol. The van der Waals surface area contributed by atoms with Gasteiger partial charge >= 0.3 is 0 Å². The molecule has 2 aromatic rings. The number of benzene rings is 1. The maximum atomic E-state index is 12.4. The number of piperidine rings is 1. The molecule has 0 unspecified atom stereocenters. The van der Waals surface area contributed by atoms with Crippen LogP contribution < -0.4 is 20.1 Å². The van der Waals surface area contributed by atoms with Crippen LogP contribution >= 0.6 is 0 Å². The van der Waals surface area contributed by atoms with Crippen molar-refractivity contribution in [1.82, 2.24) is 14.9 Å². The molecule has 0 bridgehead atoms. The quantitative estimate of drug-likeness (QED) is 0.880. The molecular formula is C18H23N5O3. The molecule has 2 aliphatic heterocycles.